The Balaban J connectivity index is 0.000000810. The summed E-state index contributed by atoms with van der Waals surface area (Å²) in [5, 5.41) is 0. The molecular weight excluding hydrogens is 203 g/mol. The SMILES string of the molecule is O=S([O-])c1ccc(Cl)s1.[Na+]. The minimum absolute atomic E-state index is 0. The summed E-state index contributed by atoms with van der Waals surface area (Å²) in [5.41, 5.74) is 0. The van der Waals surface area contributed by atoms with E-state index >= 15 is 0 Å². The van der Waals surface area contributed by atoms with Gasteiger partial charge in [-0.3, -0.25) is 4.21 Å². The van der Waals surface area contributed by atoms with Gasteiger partial charge < -0.3 is 4.55 Å². The van der Waals surface area contributed by atoms with Crippen LogP contribution in [0.1, 0.15) is 0 Å². The fourth-order valence-corrected chi connectivity index (χ4v) is 2.02. The second-order valence-corrected chi connectivity index (χ2v) is 4.18. The Kier molecular flexibility index (Phi) is 5.41. The molecule has 0 spiro atoms. The molecule has 1 atom stereocenters. The third-order valence-electron chi connectivity index (χ3n) is 0.713. The molecular formula is C4H2ClNaO2S2. The molecule has 50 valence electrons. The smallest absolute Gasteiger partial charge is 0.768 e. The molecule has 0 aliphatic heterocycles. The summed E-state index contributed by atoms with van der Waals surface area (Å²) in [6, 6.07) is 3.02. The van der Waals surface area contributed by atoms with E-state index in [0.717, 1.165) is 11.3 Å². The van der Waals surface area contributed by atoms with E-state index in [0.29, 0.717) is 4.34 Å². The van der Waals surface area contributed by atoms with Crippen molar-refractivity contribution < 1.29 is 38.3 Å². The molecule has 0 amide bonds. The maximum Gasteiger partial charge on any atom is 1.00 e. The van der Waals surface area contributed by atoms with Gasteiger partial charge in [-0.1, -0.05) is 11.6 Å². The summed E-state index contributed by atoms with van der Waals surface area (Å²) < 4.78 is 21.1. The minimum Gasteiger partial charge on any atom is -0.768 e. The van der Waals surface area contributed by atoms with Crippen molar-refractivity contribution in [2.45, 2.75) is 4.21 Å². The predicted octanol–water partition coefficient (Wildman–Crippen LogP) is -1.36. The number of thiophene rings is 1. The molecule has 0 aromatic carbocycles. The minimum atomic E-state index is -2.12. The van der Waals surface area contributed by atoms with Gasteiger partial charge in [0.05, 0.1) is 8.55 Å². The van der Waals surface area contributed by atoms with Crippen LogP contribution in [0.4, 0.5) is 0 Å². The van der Waals surface area contributed by atoms with E-state index in [9.17, 15) is 8.76 Å². The van der Waals surface area contributed by atoms with Gasteiger partial charge in [0.25, 0.3) is 0 Å². The Morgan fingerprint density at radius 1 is 1.60 bits per heavy atom. The zero-order chi connectivity index (χ0) is 6.85. The van der Waals surface area contributed by atoms with Gasteiger partial charge in [0.1, 0.15) is 0 Å². The van der Waals surface area contributed by atoms with Crippen LogP contribution in [0.5, 0.6) is 0 Å². The van der Waals surface area contributed by atoms with Crippen molar-refractivity contribution in [3.63, 3.8) is 0 Å². The molecule has 10 heavy (non-hydrogen) atoms. The molecule has 0 N–H and O–H groups in total. The van der Waals surface area contributed by atoms with Gasteiger partial charge in [0, 0.05) is 0 Å². The molecule has 0 radical (unpaired) electrons. The van der Waals surface area contributed by atoms with Crippen LogP contribution < -0.4 is 29.6 Å². The summed E-state index contributed by atoms with van der Waals surface area (Å²) in [5.74, 6) is 0. The van der Waals surface area contributed by atoms with Crippen LogP contribution in [-0.4, -0.2) is 8.76 Å². The van der Waals surface area contributed by atoms with E-state index in [-0.39, 0.29) is 33.8 Å². The molecule has 1 unspecified atom stereocenters. The molecule has 0 aliphatic rings. The van der Waals surface area contributed by atoms with Crippen LogP contribution in [0.25, 0.3) is 0 Å². The van der Waals surface area contributed by atoms with Crippen LogP contribution in [0.2, 0.25) is 4.34 Å². The Morgan fingerprint density at radius 2 is 2.20 bits per heavy atom. The van der Waals surface area contributed by atoms with Gasteiger partial charge >= 0.3 is 29.6 Å². The van der Waals surface area contributed by atoms with Crippen molar-refractivity contribution in [1.29, 1.82) is 0 Å². The fraction of sp³-hybridized carbons (Fsp3) is 0. The van der Waals surface area contributed by atoms with Gasteiger partial charge in [0.2, 0.25) is 0 Å². The van der Waals surface area contributed by atoms with Gasteiger partial charge in [-0.15, -0.1) is 11.3 Å². The predicted molar refractivity (Wildman–Crippen MR) is 36.5 cm³/mol. The van der Waals surface area contributed by atoms with Crippen molar-refractivity contribution in [1.82, 2.24) is 0 Å². The van der Waals surface area contributed by atoms with Crippen LogP contribution in [0.3, 0.4) is 0 Å². The first-order chi connectivity index (χ1) is 4.20. The van der Waals surface area contributed by atoms with Gasteiger partial charge in [-0.05, 0) is 23.2 Å². The zero-order valence-electron chi connectivity index (χ0n) is 5.17. The number of hydrogen-bond acceptors (Lipinski definition) is 3. The summed E-state index contributed by atoms with van der Waals surface area (Å²) in [7, 11) is 0. The molecule has 1 heterocycles. The van der Waals surface area contributed by atoms with Crippen molar-refractivity contribution in [3.8, 4) is 0 Å². The average Bonchev–Trinajstić information content (AvgIpc) is 2.14. The van der Waals surface area contributed by atoms with Crippen LogP contribution in [-0.2, 0) is 11.1 Å². The molecule has 6 heteroatoms. The molecule has 1 aromatic heterocycles. The maximum absolute atomic E-state index is 10.2. The van der Waals surface area contributed by atoms with E-state index < -0.39 is 11.1 Å². The maximum atomic E-state index is 10.2. The third-order valence-corrected chi connectivity index (χ3v) is 2.86. The van der Waals surface area contributed by atoms with Crippen molar-refractivity contribution in [2.75, 3.05) is 0 Å². The quantitative estimate of drug-likeness (QED) is 0.419. The van der Waals surface area contributed by atoms with Crippen LogP contribution in [0.15, 0.2) is 16.3 Å². The van der Waals surface area contributed by atoms with E-state index in [1.165, 1.54) is 6.07 Å². The first kappa shape index (κ1) is 11.1. The second-order valence-electron chi connectivity index (χ2n) is 1.29. The third kappa shape index (κ3) is 3.00. The molecule has 0 aliphatic carbocycles. The van der Waals surface area contributed by atoms with Crippen molar-refractivity contribution in [3.05, 3.63) is 16.5 Å². The second kappa shape index (κ2) is 4.87. The van der Waals surface area contributed by atoms with Crippen LogP contribution in [0, 0.1) is 0 Å². The monoisotopic (exact) mass is 204 g/mol. The molecule has 0 saturated heterocycles. The molecule has 0 bridgehead atoms. The Hall–Kier alpha value is 1.10. The first-order valence-electron chi connectivity index (χ1n) is 2.05. The van der Waals surface area contributed by atoms with Gasteiger partial charge in [-0.2, -0.15) is 0 Å². The molecule has 1 aromatic rings. The summed E-state index contributed by atoms with van der Waals surface area (Å²) in [6.07, 6.45) is 0. The summed E-state index contributed by atoms with van der Waals surface area (Å²) in [4.78, 5) is 0. The Bertz CT molecular complexity index is 237. The fourth-order valence-electron chi connectivity index (χ4n) is 0.387. The first-order valence-corrected chi connectivity index (χ1v) is 4.31. The number of rotatable bonds is 1. The standard InChI is InChI=1S/C4H3ClO2S2.Na/c5-3-1-2-4(8-3)9(6)7;/h1-2H,(H,6,7);/q;+1/p-1. The molecule has 2 nitrogen and oxygen atoms in total. The molecule has 0 saturated carbocycles. The topological polar surface area (TPSA) is 40.1 Å². The van der Waals surface area contributed by atoms with Gasteiger partial charge in [0.15, 0.2) is 0 Å². The van der Waals surface area contributed by atoms with Crippen molar-refractivity contribution >= 4 is 34.0 Å². The van der Waals surface area contributed by atoms with E-state index in [2.05, 4.69) is 0 Å². The average molecular weight is 205 g/mol. The van der Waals surface area contributed by atoms with Crippen LogP contribution >= 0.6 is 22.9 Å². The van der Waals surface area contributed by atoms with E-state index in [4.69, 9.17) is 11.6 Å². The largest absolute Gasteiger partial charge is 1.00 e. The zero-order valence-corrected chi connectivity index (χ0v) is 9.55. The van der Waals surface area contributed by atoms with E-state index in [1.807, 2.05) is 0 Å². The molecule has 1 rings (SSSR count). The van der Waals surface area contributed by atoms with E-state index in [1.54, 1.807) is 6.07 Å². The number of halogens is 1. The Morgan fingerprint density at radius 3 is 2.40 bits per heavy atom. The summed E-state index contributed by atoms with van der Waals surface area (Å²) >= 11 is 4.37. The van der Waals surface area contributed by atoms with Crippen molar-refractivity contribution in [2.24, 2.45) is 0 Å². The van der Waals surface area contributed by atoms with Gasteiger partial charge in [-0.25, -0.2) is 0 Å². The molecule has 0 fully saturated rings. The number of hydrogen-bond donors (Lipinski definition) is 0. The Labute approximate surface area is 92.2 Å². The summed E-state index contributed by atoms with van der Waals surface area (Å²) in [6.45, 7) is 0. The normalized spacial score (nSPS) is 12.2.